The highest BCUT2D eigenvalue weighted by atomic mass is 32.2. The summed E-state index contributed by atoms with van der Waals surface area (Å²) < 4.78 is 1.40. The van der Waals surface area contributed by atoms with Gasteiger partial charge in [0.2, 0.25) is 5.91 Å². The molecule has 0 radical (unpaired) electrons. The molecule has 150 valence electrons. The van der Waals surface area contributed by atoms with E-state index < -0.39 is 4.92 Å². The minimum Gasteiger partial charge on any atom is -0.343 e. The lowest BCUT2D eigenvalue weighted by Crippen LogP contribution is -2.32. The maximum absolute atomic E-state index is 13.1. The van der Waals surface area contributed by atoms with Crippen LogP contribution in [-0.2, 0) is 4.79 Å². The second kappa shape index (κ2) is 8.87. The van der Waals surface area contributed by atoms with E-state index in [1.165, 1.54) is 40.6 Å². The van der Waals surface area contributed by atoms with Crippen LogP contribution in [0.4, 0.5) is 5.69 Å². The zero-order chi connectivity index (χ0) is 21.0. The number of fused-ring (bicyclic) bond motifs is 1. The van der Waals surface area contributed by atoms with Gasteiger partial charge in [-0.15, -0.1) is 0 Å². The fourth-order valence-corrected chi connectivity index (χ4v) is 3.87. The van der Waals surface area contributed by atoms with E-state index in [1.807, 2.05) is 13.8 Å². The van der Waals surface area contributed by atoms with Crippen molar-refractivity contribution in [2.24, 2.45) is 0 Å². The minimum absolute atomic E-state index is 0.0438. The van der Waals surface area contributed by atoms with Gasteiger partial charge in [-0.25, -0.2) is 4.98 Å². The Bertz CT molecular complexity index is 1110. The van der Waals surface area contributed by atoms with Crippen LogP contribution in [0.2, 0.25) is 0 Å². The molecule has 1 heterocycles. The first-order chi connectivity index (χ1) is 14.0. The Morgan fingerprint density at radius 2 is 1.79 bits per heavy atom. The van der Waals surface area contributed by atoms with Crippen molar-refractivity contribution >= 4 is 34.3 Å². The normalized spacial score (nSPS) is 10.8. The number of aromatic nitrogens is 2. The van der Waals surface area contributed by atoms with Crippen LogP contribution >= 0.6 is 11.8 Å². The zero-order valence-corrected chi connectivity index (χ0v) is 16.9. The summed E-state index contributed by atoms with van der Waals surface area (Å²) in [7, 11) is 0. The molecule has 0 aliphatic rings. The number of para-hydroxylation sites is 1. The molecule has 0 spiro atoms. The van der Waals surface area contributed by atoms with Crippen LogP contribution in [0.5, 0.6) is 0 Å². The monoisotopic (exact) mass is 412 g/mol. The molecule has 2 aromatic carbocycles. The summed E-state index contributed by atoms with van der Waals surface area (Å²) in [6, 6.07) is 12.7. The van der Waals surface area contributed by atoms with Gasteiger partial charge in [0.1, 0.15) is 0 Å². The Morgan fingerprint density at radius 1 is 1.14 bits per heavy atom. The SMILES string of the molecule is CCN(CC)C(=O)CSc1nc2ccccc2c(=O)n1-c1ccc([N+](=O)[O-])cc1. The molecular formula is C20H20N4O4S. The number of hydrogen-bond donors (Lipinski definition) is 0. The summed E-state index contributed by atoms with van der Waals surface area (Å²) in [6.07, 6.45) is 0. The number of rotatable bonds is 7. The number of amides is 1. The average Bonchev–Trinajstić information content (AvgIpc) is 2.73. The molecule has 29 heavy (non-hydrogen) atoms. The van der Waals surface area contributed by atoms with Crippen molar-refractivity contribution in [1.82, 2.24) is 14.5 Å². The third-order valence-corrected chi connectivity index (χ3v) is 5.43. The van der Waals surface area contributed by atoms with Gasteiger partial charge in [-0.05, 0) is 38.1 Å². The summed E-state index contributed by atoms with van der Waals surface area (Å²) in [6.45, 7) is 5.03. The van der Waals surface area contributed by atoms with E-state index in [0.717, 1.165) is 0 Å². The van der Waals surface area contributed by atoms with Crippen LogP contribution in [-0.4, -0.2) is 44.1 Å². The molecule has 0 fully saturated rings. The van der Waals surface area contributed by atoms with Crippen molar-refractivity contribution in [3.05, 3.63) is 69.0 Å². The molecular weight excluding hydrogens is 392 g/mol. The van der Waals surface area contributed by atoms with Crippen LogP contribution in [0.15, 0.2) is 58.5 Å². The lowest BCUT2D eigenvalue weighted by molar-refractivity contribution is -0.384. The number of nitro groups is 1. The third kappa shape index (κ3) is 4.29. The molecule has 3 aromatic rings. The molecule has 0 saturated carbocycles. The summed E-state index contributed by atoms with van der Waals surface area (Å²) in [5.41, 5.74) is 0.633. The van der Waals surface area contributed by atoms with Gasteiger partial charge >= 0.3 is 0 Å². The van der Waals surface area contributed by atoms with Crippen molar-refractivity contribution in [1.29, 1.82) is 0 Å². The van der Waals surface area contributed by atoms with Crippen LogP contribution in [0, 0.1) is 10.1 Å². The van der Waals surface area contributed by atoms with E-state index >= 15 is 0 Å². The molecule has 0 saturated heterocycles. The van der Waals surface area contributed by atoms with E-state index in [-0.39, 0.29) is 22.9 Å². The Morgan fingerprint density at radius 3 is 2.41 bits per heavy atom. The quantitative estimate of drug-likeness (QED) is 0.256. The molecule has 8 nitrogen and oxygen atoms in total. The third-order valence-electron chi connectivity index (χ3n) is 4.50. The first kappa shape index (κ1) is 20.5. The maximum Gasteiger partial charge on any atom is 0.269 e. The summed E-state index contributed by atoms with van der Waals surface area (Å²) in [5, 5.41) is 11.7. The molecule has 0 atom stereocenters. The molecule has 0 aliphatic heterocycles. The topological polar surface area (TPSA) is 98.3 Å². The Kier molecular flexibility index (Phi) is 6.28. The van der Waals surface area contributed by atoms with Gasteiger partial charge in [0.05, 0.1) is 27.3 Å². The molecule has 0 N–H and O–H groups in total. The van der Waals surface area contributed by atoms with E-state index in [2.05, 4.69) is 4.98 Å². The van der Waals surface area contributed by atoms with Gasteiger partial charge in [0, 0.05) is 25.2 Å². The van der Waals surface area contributed by atoms with E-state index in [1.54, 1.807) is 29.2 Å². The highest BCUT2D eigenvalue weighted by molar-refractivity contribution is 7.99. The number of nitro benzene ring substituents is 1. The molecule has 0 bridgehead atoms. The fraction of sp³-hybridized carbons (Fsp3) is 0.250. The van der Waals surface area contributed by atoms with Crippen LogP contribution in [0.3, 0.4) is 0 Å². The summed E-state index contributed by atoms with van der Waals surface area (Å²) in [5.74, 6) is 0.0945. The smallest absolute Gasteiger partial charge is 0.269 e. The van der Waals surface area contributed by atoms with Gasteiger partial charge in [-0.1, -0.05) is 23.9 Å². The predicted molar refractivity (Wildman–Crippen MR) is 113 cm³/mol. The number of carbonyl (C=O) groups is 1. The standard InChI is InChI=1S/C20H20N4O4S/c1-3-22(4-2)18(25)13-29-20-21-17-8-6-5-7-16(17)19(26)23(20)14-9-11-15(12-10-14)24(27)28/h5-12H,3-4,13H2,1-2H3. The molecule has 3 rings (SSSR count). The van der Waals surface area contributed by atoms with Crippen LogP contribution in [0.1, 0.15) is 13.8 Å². The average molecular weight is 412 g/mol. The second-order valence-electron chi connectivity index (χ2n) is 6.18. The molecule has 0 unspecified atom stereocenters. The largest absolute Gasteiger partial charge is 0.343 e. The van der Waals surface area contributed by atoms with Gasteiger partial charge in [0.15, 0.2) is 5.16 Å². The van der Waals surface area contributed by atoms with Crippen molar-refractivity contribution in [3.63, 3.8) is 0 Å². The summed E-state index contributed by atoms with van der Waals surface area (Å²) >= 11 is 1.18. The molecule has 1 amide bonds. The Hall–Kier alpha value is -3.20. The van der Waals surface area contributed by atoms with E-state index in [9.17, 15) is 19.7 Å². The van der Waals surface area contributed by atoms with Gasteiger partial charge in [-0.3, -0.25) is 24.3 Å². The fourth-order valence-electron chi connectivity index (χ4n) is 2.95. The second-order valence-corrected chi connectivity index (χ2v) is 7.12. The van der Waals surface area contributed by atoms with Crippen molar-refractivity contribution in [2.75, 3.05) is 18.8 Å². The molecule has 1 aromatic heterocycles. The van der Waals surface area contributed by atoms with Crippen molar-refractivity contribution < 1.29 is 9.72 Å². The lowest BCUT2D eigenvalue weighted by Gasteiger charge is -2.19. The number of nitrogens with zero attached hydrogens (tertiary/aromatic N) is 4. The number of benzene rings is 2. The number of thioether (sulfide) groups is 1. The predicted octanol–water partition coefficient (Wildman–Crippen LogP) is 3.25. The van der Waals surface area contributed by atoms with Crippen LogP contribution in [0.25, 0.3) is 16.6 Å². The highest BCUT2D eigenvalue weighted by Gasteiger charge is 2.17. The Labute approximate surface area is 171 Å². The van der Waals surface area contributed by atoms with Crippen molar-refractivity contribution in [3.8, 4) is 5.69 Å². The van der Waals surface area contributed by atoms with Gasteiger partial charge in [-0.2, -0.15) is 0 Å². The first-order valence-corrected chi connectivity index (χ1v) is 10.1. The minimum atomic E-state index is -0.496. The molecule has 9 heteroatoms. The maximum atomic E-state index is 13.1. The van der Waals surface area contributed by atoms with Crippen LogP contribution < -0.4 is 5.56 Å². The Balaban J connectivity index is 2.07. The van der Waals surface area contributed by atoms with E-state index in [0.29, 0.717) is 34.8 Å². The number of carbonyl (C=O) groups excluding carboxylic acids is 1. The van der Waals surface area contributed by atoms with Crippen molar-refractivity contribution in [2.45, 2.75) is 19.0 Å². The van der Waals surface area contributed by atoms with E-state index in [4.69, 9.17) is 0 Å². The highest BCUT2D eigenvalue weighted by Crippen LogP contribution is 2.23. The summed E-state index contributed by atoms with van der Waals surface area (Å²) in [4.78, 5) is 42.3. The molecule has 0 aliphatic carbocycles. The van der Waals surface area contributed by atoms with Gasteiger partial charge < -0.3 is 4.90 Å². The van der Waals surface area contributed by atoms with Gasteiger partial charge in [0.25, 0.3) is 11.2 Å². The first-order valence-electron chi connectivity index (χ1n) is 9.13. The lowest BCUT2D eigenvalue weighted by atomic mass is 10.2. The zero-order valence-electron chi connectivity index (χ0n) is 16.1. The number of hydrogen-bond acceptors (Lipinski definition) is 6. The number of non-ortho nitro benzene ring substituents is 1.